The summed E-state index contributed by atoms with van der Waals surface area (Å²) in [6.07, 6.45) is -1.06. The van der Waals surface area contributed by atoms with Crippen molar-refractivity contribution in [3.63, 3.8) is 0 Å². The van der Waals surface area contributed by atoms with Crippen molar-refractivity contribution >= 4 is 0 Å². The quantitative estimate of drug-likeness (QED) is 0.226. The predicted octanol–water partition coefficient (Wildman–Crippen LogP) is -1.22. The minimum atomic E-state index is -0.741. The molecule has 0 aromatic heterocycles. The molecule has 0 radical (unpaired) electrons. The van der Waals surface area contributed by atoms with E-state index in [-0.39, 0.29) is 32.5 Å². The fourth-order valence-electron chi connectivity index (χ4n) is 0.979. The van der Waals surface area contributed by atoms with E-state index in [0.29, 0.717) is 13.2 Å². The van der Waals surface area contributed by atoms with Gasteiger partial charge in [0.05, 0.1) is 33.0 Å². The van der Waals surface area contributed by atoms with Crippen LogP contribution in [-0.4, -0.2) is 69.3 Å². The maximum Gasteiger partial charge on any atom is 0.110 e. The SMILES string of the molecule is COC(COO)COCCOCC(O)CON. The Morgan fingerprint density at radius 2 is 1.71 bits per heavy atom. The number of rotatable bonds is 12. The van der Waals surface area contributed by atoms with Crippen LogP contribution in [0.5, 0.6) is 0 Å². The van der Waals surface area contributed by atoms with Crippen molar-refractivity contribution in [1.29, 1.82) is 0 Å². The molecule has 0 amide bonds. The Bertz CT molecular complexity index is 160. The van der Waals surface area contributed by atoms with E-state index in [1.54, 1.807) is 0 Å². The fourth-order valence-corrected chi connectivity index (χ4v) is 0.979. The largest absolute Gasteiger partial charge is 0.388 e. The summed E-state index contributed by atoms with van der Waals surface area (Å²) in [5.41, 5.74) is 0. The standard InChI is InChI=1S/C9H21NO7/c1-13-9(7-17-12)6-15-3-2-14-4-8(11)5-16-10/h8-9,11-12H,2-7,10H2,1H3. The molecule has 8 heteroatoms. The molecule has 2 unspecified atom stereocenters. The number of aliphatic hydroxyl groups excluding tert-OH is 1. The van der Waals surface area contributed by atoms with Gasteiger partial charge < -0.3 is 24.2 Å². The Hall–Kier alpha value is -0.320. The highest BCUT2D eigenvalue weighted by Crippen LogP contribution is 1.92. The van der Waals surface area contributed by atoms with Crippen molar-refractivity contribution in [3.05, 3.63) is 0 Å². The third-order valence-corrected chi connectivity index (χ3v) is 1.87. The lowest BCUT2D eigenvalue weighted by atomic mass is 10.4. The fraction of sp³-hybridized carbons (Fsp3) is 1.00. The van der Waals surface area contributed by atoms with Crippen molar-refractivity contribution in [1.82, 2.24) is 0 Å². The molecular weight excluding hydrogens is 234 g/mol. The van der Waals surface area contributed by atoms with Gasteiger partial charge >= 0.3 is 0 Å². The van der Waals surface area contributed by atoms with Crippen LogP contribution in [0.25, 0.3) is 0 Å². The van der Waals surface area contributed by atoms with Crippen LogP contribution in [0.1, 0.15) is 0 Å². The number of ether oxygens (including phenoxy) is 3. The monoisotopic (exact) mass is 255 g/mol. The molecule has 0 aromatic rings. The average molecular weight is 255 g/mol. The second-order valence-corrected chi connectivity index (χ2v) is 3.29. The summed E-state index contributed by atoms with van der Waals surface area (Å²) in [4.78, 5) is 8.18. The van der Waals surface area contributed by atoms with Crippen molar-refractivity contribution in [2.45, 2.75) is 12.2 Å². The summed E-state index contributed by atoms with van der Waals surface area (Å²) in [6, 6.07) is 0. The number of nitrogens with two attached hydrogens (primary N) is 1. The molecule has 2 atom stereocenters. The highest BCUT2D eigenvalue weighted by molar-refractivity contribution is 4.53. The third-order valence-electron chi connectivity index (χ3n) is 1.87. The molecule has 0 aliphatic carbocycles. The van der Waals surface area contributed by atoms with Crippen LogP contribution >= 0.6 is 0 Å². The minimum absolute atomic E-state index is 0.0282. The van der Waals surface area contributed by atoms with Crippen LogP contribution in [-0.2, 0) is 23.9 Å². The molecule has 8 nitrogen and oxygen atoms in total. The maximum absolute atomic E-state index is 9.17. The van der Waals surface area contributed by atoms with E-state index >= 15 is 0 Å². The van der Waals surface area contributed by atoms with Crippen LogP contribution < -0.4 is 5.90 Å². The van der Waals surface area contributed by atoms with Gasteiger partial charge in [0.1, 0.15) is 18.8 Å². The van der Waals surface area contributed by atoms with E-state index < -0.39 is 6.10 Å². The van der Waals surface area contributed by atoms with E-state index in [1.807, 2.05) is 0 Å². The lowest BCUT2D eigenvalue weighted by Crippen LogP contribution is -2.26. The second kappa shape index (κ2) is 12.1. The summed E-state index contributed by atoms with van der Waals surface area (Å²) < 4.78 is 15.2. The molecule has 0 aromatic carbocycles. The Balaban J connectivity index is 3.27. The smallest absolute Gasteiger partial charge is 0.110 e. The van der Waals surface area contributed by atoms with Crippen LogP contribution in [0.3, 0.4) is 0 Å². The predicted molar refractivity (Wildman–Crippen MR) is 57.2 cm³/mol. The zero-order chi connectivity index (χ0) is 12.9. The molecule has 0 bridgehead atoms. The summed E-state index contributed by atoms with van der Waals surface area (Å²) in [5.74, 6) is 4.77. The zero-order valence-corrected chi connectivity index (χ0v) is 9.91. The summed E-state index contributed by atoms with van der Waals surface area (Å²) >= 11 is 0. The summed E-state index contributed by atoms with van der Waals surface area (Å²) in [7, 11) is 1.49. The van der Waals surface area contributed by atoms with E-state index in [0.717, 1.165) is 0 Å². The van der Waals surface area contributed by atoms with Gasteiger partial charge in [0.2, 0.25) is 0 Å². The molecule has 0 saturated heterocycles. The third kappa shape index (κ3) is 10.5. The molecule has 0 heterocycles. The van der Waals surface area contributed by atoms with E-state index in [2.05, 4.69) is 9.73 Å². The molecule has 0 saturated carbocycles. The Morgan fingerprint density at radius 1 is 1.06 bits per heavy atom. The normalized spacial score (nSPS) is 14.8. The topological polar surface area (TPSA) is 113 Å². The maximum atomic E-state index is 9.17. The first-order valence-corrected chi connectivity index (χ1v) is 5.19. The number of methoxy groups -OCH3 is 1. The summed E-state index contributed by atoms with van der Waals surface area (Å²) in [6.45, 7) is 1.17. The van der Waals surface area contributed by atoms with E-state index in [4.69, 9.17) is 30.5 Å². The van der Waals surface area contributed by atoms with Crippen molar-refractivity contribution in [3.8, 4) is 0 Å². The van der Waals surface area contributed by atoms with Crippen molar-refractivity contribution < 1.29 is 34.3 Å². The van der Waals surface area contributed by atoms with Crippen LogP contribution in [0.2, 0.25) is 0 Å². The Morgan fingerprint density at radius 3 is 2.24 bits per heavy atom. The Kier molecular flexibility index (Phi) is 11.9. The van der Waals surface area contributed by atoms with Gasteiger partial charge in [-0.05, 0) is 0 Å². The van der Waals surface area contributed by atoms with Crippen molar-refractivity contribution in [2.24, 2.45) is 5.90 Å². The number of aliphatic hydroxyl groups is 1. The molecule has 104 valence electrons. The summed E-state index contributed by atoms with van der Waals surface area (Å²) in [5, 5.41) is 17.4. The first-order valence-electron chi connectivity index (χ1n) is 5.19. The van der Waals surface area contributed by atoms with Gasteiger partial charge in [-0.2, -0.15) is 0 Å². The molecule has 0 spiro atoms. The van der Waals surface area contributed by atoms with Gasteiger partial charge in [-0.15, -0.1) is 0 Å². The van der Waals surface area contributed by atoms with Gasteiger partial charge in [-0.3, -0.25) is 5.26 Å². The number of hydrogen-bond donors (Lipinski definition) is 3. The average Bonchev–Trinajstić information content (AvgIpc) is 2.32. The van der Waals surface area contributed by atoms with Gasteiger partial charge in [0.25, 0.3) is 0 Å². The van der Waals surface area contributed by atoms with Crippen LogP contribution in [0.4, 0.5) is 0 Å². The second-order valence-electron chi connectivity index (χ2n) is 3.29. The molecule has 4 N–H and O–H groups in total. The molecule has 0 aliphatic heterocycles. The highest BCUT2D eigenvalue weighted by Gasteiger charge is 2.07. The van der Waals surface area contributed by atoms with E-state index in [1.165, 1.54) is 7.11 Å². The first kappa shape index (κ1) is 16.7. The molecule has 0 aliphatic rings. The van der Waals surface area contributed by atoms with Gasteiger partial charge in [-0.1, -0.05) is 0 Å². The van der Waals surface area contributed by atoms with E-state index in [9.17, 15) is 0 Å². The van der Waals surface area contributed by atoms with Gasteiger partial charge in [0.15, 0.2) is 0 Å². The lowest BCUT2D eigenvalue weighted by molar-refractivity contribution is -0.261. The Labute approximate surface area is 100 Å². The molecule has 0 fully saturated rings. The van der Waals surface area contributed by atoms with Crippen LogP contribution in [0.15, 0.2) is 0 Å². The van der Waals surface area contributed by atoms with Crippen LogP contribution in [0, 0.1) is 0 Å². The minimum Gasteiger partial charge on any atom is -0.388 e. The first-order chi connectivity index (χ1) is 8.24. The molecule has 17 heavy (non-hydrogen) atoms. The highest BCUT2D eigenvalue weighted by atomic mass is 17.1. The lowest BCUT2D eigenvalue weighted by Gasteiger charge is -2.14. The van der Waals surface area contributed by atoms with Gasteiger partial charge in [-0.25, -0.2) is 10.8 Å². The zero-order valence-electron chi connectivity index (χ0n) is 9.91. The number of hydrogen-bond acceptors (Lipinski definition) is 8. The molecular formula is C9H21NO7. The van der Waals surface area contributed by atoms with Crippen molar-refractivity contribution in [2.75, 3.05) is 46.8 Å². The van der Waals surface area contributed by atoms with Gasteiger partial charge in [0, 0.05) is 7.11 Å². The molecule has 0 rings (SSSR count).